The first-order valence-electron chi connectivity index (χ1n) is 6.45. The van der Waals surface area contributed by atoms with E-state index in [9.17, 15) is 14.9 Å². The van der Waals surface area contributed by atoms with Crippen molar-refractivity contribution in [2.45, 2.75) is 26.8 Å². The molecule has 0 bridgehead atoms. The molecule has 1 rings (SSSR count). The van der Waals surface area contributed by atoms with E-state index < -0.39 is 4.92 Å². The summed E-state index contributed by atoms with van der Waals surface area (Å²) in [6, 6.07) is 0. The van der Waals surface area contributed by atoms with E-state index in [1.165, 1.54) is 13.3 Å². The monoisotopic (exact) mass is 284 g/mol. The van der Waals surface area contributed by atoms with Crippen molar-refractivity contribution in [1.82, 2.24) is 14.5 Å². The number of hydrogen-bond acceptors (Lipinski definition) is 6. The second-order valence-corrected chi connectivity index (χ2v) is 4.42. The van der Waals surface area contributed by atoms with Gasteiger partial charge in [-0.05, 0) is 17.9 Å². The Labute approximate surface area is 117 Å². The van der Waals surface area contributed by atoms with Crippen LogP contribution >= 0.6 is 0 Å². The van der Waals surface area contributed by atoms with Gasteiger partial charge in [0, 0.05) is 13.5 Å². The number of aromatic nitrogens is 2. The van der Waals surface area contributed by atoms with Crippen LogP contribution in [0.3, 0.4) is 0 Å². The number of nitro groups is 1. The molecule has 0 spiro atoms. The molecule has 112 valence electrons. The summed E-state index contributed by atoms with van der Waals surface area (Å²) < 4.78 is 6.18. The van der Waals surface area contributed by atoms with E-state index in [-0.39, 0.29) is 18.3 Å². The standard InChI is InChI=1S/C12H20N4O4/c1-4-5-14(9-12(17)20-3)6-7-15-10(2)13-8-11(15)16(18)19/h8H,4-7,9H2,1-3H3. The van der Waals surface area contributed by atoms with Crippen LogP contribution in [0.25, 0.3) is 0 Å². The van der Waals surface area contributed by atoms with Crippen molar-refractivity contribution in [3.05, 3.63) is 22.1 Å². The summed E-state index contributed by atoms with van der Waals surface area (Å²) in [4.78, 5) is 27.6. The molecular formula is C12H20N4O4. The molecule has 0 aliphatic heterocycles. The third-order valence-electron chi connectivity index (χ3n) is 2.98. The number of ether oxygens (including phenoxy) is 1. The summed E-state index contributed by atoms with van der Waals surface area (Å²) in [5.41, 5.74) is 0. The van der Waals surface area contributed by atoms with Crippen molar-refractivity contribution in [2.75, 3.05) is 26.7 Å². The number of carbonyl (C=O) groups excluding carboxylic acids is 1. The Morgan fingerprint density at radius 2 is 2.25 bits per heavy atom. The first-order chi connectivity index (χ1) is 9.49. The highest BCUT2D eigenvalue weighted by Crippen LogP contribution is 2.13. The number of carbonyl (C=O) groups is 1. The SMILES string of the molecule is CCCN(CCn1c([N+](=O)[O-])cnc1C)CC(=O)OC. The van der Waals surface area contributed by atoms with Crippen LogP contribution in [0, 0.1) is 17.0 Å². The molecule has 0 fully saturated rings. The van der Waals surface area contributed by atoms with Gasteiger partial charge in [-0.25, -0.2) is 9.55 Å². The molecule has 0 saturated carbocycles. The average molecular weight is 284 g/mol. The molecule has 0 aromatic carbocycles. The van der Waals surface area contributed by atoms with Crippen LogP contribution < -0.4 is 0 Å². The number of esters is 1. The minimum atomic E-state index is -0.454. The highest BCUT2D eigenvalue weighted by Gasteiger charge is 2.19. The topological polar surface area (TPSA) is 90.5 Å². The maximum atomic E-state index is 11.3. The van der Waals surface area contributed by atoms with Gasteiger partial charge in [0.2, 0.25) is 0 Å². The van der Waals surface area contributed by atoms with E-state index in [1.54, 1.807) is 11.5 Å². The zero-order chi connectivity index (χ0) is 15.1. The smallest absolute Gasteiger partial charge is 0.342 e. The van der Waals surface area contributed by atoms with E-state index in [2.05, 4.69) is 9.72 Å². The van der Waals surface area contributed by atoms with E-state index in [1.807, 2.05) is 11.8 Å². The molecule has 20 heavy (non-hydrogen) atoms. The van der Waals surface area contributed by atoms with Crippen LogP contribution in [0.15, 0.2) is 6.20 Å². The summed E-state index contributed by atoms with van der Waals surface area (Å²) in [7, 11) is 1.34. The van der Waals surface area contributed by atoms with Gasteiger partial charge in [0.25, 0.3) is 0 Å². The predicted molar refractivity (Wildman–Crippen MR) is 72.4 cm³/mol. The number of imidazole rings is 1. The van der Waals surface area contributed by atoms with Gasteiger partial charge in [0.05, 0.1) is 13.7 Å². The first-order valence-corrected chi connectivity index (χ1v) is 6.45. The van der Waals surface area contributed by atoms with Crippen molar-refractivity contribution in [3.8, 4) is 0 Å². The molecule has 0 amide bonds. The molecule has 0 aliphatic carbocycles. The Balaban J connectivity index is 2.69. The molecule has 1 aromatic heterocycles. The third-order valence-corrected chi connectivity index (χ3v) is 2.98. The van der Waals surface area contributed by atoms with E-state index in [0.717, 1.165) is 13.0 Å². The largest absolute Gasteiger partial charge is 0.468 e. The Morgan fingerprint density at radius 1 is 1.55 bits per heavy atom. The lowest BCUT2D eigenvalue weighted by atomic mass is 10.4. The summed E-state index contributed by atoms with van der Waals surface area (Å²) >= 11 is 0. The average Bonchev–Trinajstić information content (AvgIpc) is 2.77. The van der Waals surface area contributed by atoms with E-state index >= 15 is 0 Å². The molecule has 0 saturated heterocycles. The number of nitrogens with zero attached hydrogens (tertiary/aromatic N) is 4. The fourth-order valence-electron chi connectivity index (χ4n) is 1.95. The summed E-state index contributed by atoms with van der Waals surface area (Å²) in [5.74, 6) is 0.249. The maximum absolute atomic E-state index is 11.3. The first kappa shape index (κ1) is 16.1. The molecule has 0 unspecified atom stereocenters. The van der Waals surface area contributed by atoms with Gasteiger partial charge in [0.1, 0.15) is 12.7 Å². The molecule has 0 atom stereocenters. The highest BCUT2D eigenvalue weighted by atomic mass is 16.6. The lowest BCUT2D eigenvalue weighted by Gasteiger charge is -2.19. The maximum Gasteiger partial charge on any atom is 0.342 e. The predicted octanol–water partition coefficient (Wildman–Crippen LogP) is 0.985. The molecule has 0 aliphatic rings. The number of methoxy groups -OCH3 is 1. The van der Waals surface area contributed by atoms with Crippen molar-refractivity contribution in [1.29, 1.82) is 0 Å². The quantitative estimate of drug-likeness (QED) is 0.401. The van der Waals surface area contributed by atoms with Crippen molar-refractivity contribution in [3.63, 3.8) is 0 Å². The fourth-order valence-corrected chi connectivity index (χ4v) is 1.95. The Morgan fingerprint density at radius 3 is 2.80 bits per heavy atom. The Hall–Kier alpha value is -1.96. The summed E-state index contributed by atoms with van der Waals surface area (Å²) in [6.07, 6.45) is 2.14. The summed E-state index contributed by atoms with van der Waals surface area (Å²) in [5, 5.41) is 10.9. The molecule has 0 radical (unpaired) electrons. The van der Waals surface area contributed by atoms with Crippen molar-refractivity contribution in [2.24, 2.45) is 0 Å². The lowest BCUT2D eigenvalue weighted by Crippen LogP contribution is -2.34. The molecule has 8 heteroatoms. The zero-order valence-electron chi connectivity index (χ0n) is 12.0. The molecular weight excluding hydrogens is 264 g/mol. The molecule has 1 aromatic rings. The number of hydrogen-bond donors (Lipinski definition) is 0. The number of rotatable bonds is 8. The normalized spacial score (nSPS) is 10.8. The minimum Gasteiger partial charge on any atom is -0.468 e. The van der Waals surface area contributed by atoms with Crippen LogP contribution in [0.1, 0.15) is 19.2 Å². The third kappa shape index (κ3) is 4.30. The Kier molecular flexibility index (Phi) is 6.10. The van der Waals surface area contributed by atoms with Gasteiger partial charge in [-0.15, -0.1) is 0 Å². The fraction of sp³-hybridized carbons (Fsp3) is 0.667. The van der Waals surface area contributed by atoms with Crippen LogP contribution in [-0.4, -0.2) is 52.1 Å². The van der Waals surface area contributed by atoms with Crippen molar-refractivity contribution >= 4 is 11.8 Å². The lowest BCUT2D eigenvalue weighted by molar-refractivity contribution is -0.392. The second kappa shape index (κ2) is 7.59. The Bertz CT molecular complexity index is 472. The van der Waals surface area contributed by atoms with Gasteiger partial charge in [-0.3, -0.25) is 9.69 Å². The minimum absolute atomic E-state index is 0.0305. The second-order valence-electron chi connectivity index (χ2n) is 4.42. The molecule has 0 N–H and O–H groups in total. The molecule has 1 heterocycles. The van der Waals surface area contributed by atoms with Gasteiger partial charge in [-0.2, -0.15) is 0 Å². The van der Waals surface area contributed by atoms with Gasteiger partial charge < -0.3 is 14.9 Å². The van der Waals surface area contributed by atoms with Crippen LogP contribution in [0.2, 0.25) is 0 Å². The van der Waals surface area contributed by atoms with Crippen molar-refractivity contribution < 1.29 is 14.5 Å². The van der Waals surface area contributed by atoms with Gasteiger partial charge in [-0.1, -0.05) is 6.92 Å². The van der Waals surface area contributed by atoms with Gasteiger partial charge in [0.15, 0.2) is 5.82 Å². The number of aryl methyl sites for hydroxylation is 1. The van der Waals surface area contributed by atoms with Crippen LogP contribution in [0.4, 0.5) is 5.82 Å². The van der Waals surface area contributed by atoms with E-state index in [4.69, 9.17) is 0 Å². The van der Waals surface area contributed by atoms with Gasteiger partial charge >= 0.3 is 11.8 Å². The van der Waals surface area contributed by atoms with E-state index in [0.29, 0.717) is 18.9 Å². The highest BCUT2D eigenvalue weighted by molar-refractivity contribution is 5.71. The summed E-state index contributed by atoms with van der Waals surface area (Å²) in [6.45, 7) is 5.59. The molecule has 8 nitrogen and oxygen atoms in total. The zero-order valence-corrected chi connectivity index (χ0v) is 12.0. The van der Waals surface area contributed by atoms with Crippen LogP contribution in [-0.2, 0) is 16.1 Å². The van der Waals surface area contributed by atoms with Crippen LogP contribution in [0.5, 0.6) is 0 Å².